The monoisotopic (exact) mass is 364 g/mol. The zero-order valence-corrected chi connectivity index (χ0v) is 15.8. The van der Waals surface area contributed by atoms with Crippen LogP contribution in [-0.4, -0.2) is 43.0 Å². The van der Waals surface area contributed by atoms with Gasteiger partial charge in [-0.1, -0.05) is 30.3 Å². The van der Waals surface area contributed by atoms with Gasteiger partial charge in [0.1, 0.15) is 6.10 Å². The third-order valence-electron chi connectivity index (χ3n) is 5.69. The molecule has 1 atom stereocenters. The summed E-state index contributed by atoms with van der Waals surface area (Å²) in [7, 11) is 0. The first-order valence-corrected chi connectivity index (χ1v) is 9.43. The molecule has 5 nitrogen and oxygen atoms in total. The van der Waals surface area contributed by atoms with Crippen LogP contribution in [-0.2, 0) is 9.53 Å². The first kappa shape index (κ1) is 17.6. The van der Waals surface area contributed by atoms with Crippen molar-refractivity contribution < 1.29 is 14.3 Å². The Bertz CT molecular complexity index is 885. The number of nitrogens with zero attached hydrogens (tertiary/aromatic N) is 2. The normalized spacial score (nSPS) is 19.0. The molecule has 0 spiro atoms. The summed E-state index contributed by atoms with van der Waals surface area (Å²) in [6.07, 6.45) is -0.245. The number of anilines is 1. The molecule has 4 rings (SSSR count). The molecule has 27 heavy (non-hydrogen) atoms. The van der Waals surface area contributed by atoms with E-state index < -0.39 is 6.10 Å². The second kappa shape index (κ2) is 7.06. The average Bonchev–Trinajstić information content (AvgIpc) is 3.00. The van der Waals surface area contributed by atoms with Crippen molar-refractivity contribution >= 4 is 17.6 Å². The molecule has 1 saturated heterocycles. The number of carbonyl (C=O) groups is 2. The minimum atomic E-state index is -0.460. The molecule has 2 aromatic rings. The molecule has 1 fully saturated rings. The summed E-state index contributed by atoms with van der Waals surface area (Å²) in [6, 6.07) is 13.7. The van der Waals surface area contributed by atoms with Crippen LogP contribution in [0.1, 0.15) is 39.6 Å². The molecule has 5 heteroatoms. The number of rotatable bonds is 3. The molecule has 0 unspecified atom stereocenters. The van der Waals surface area contributed by atoms with Gasteiger partial charge in [-0.05, 0) is 37.1 Å². The van der Waals surface area contributed by atoms with Crippen molar-refractivity contribution in [2.24, 2.45) is 0 Å². The molecule has 0 bridgehead atoms. The van der Waals surface area contributed by atoms with Gasteiger partial charge in [0.2, 0.25) is 5.91 Å². The molecule has 2 aliphatic heterocycles. The number of hydrogen-bond donors (Lipinski definition) is 0. The van der Waals surface area contributed by atoms with Crippen LogP contribution in [0.5, 0.6) is 0 Å². The predicted molar refractivity (Wildman–Crippen MR) is 104 cm³/mol. The quantitative estimate of drug-likeness (QED) is 0.785. The van der Waals surface area contributed by atoms with Gasteiger partial charge in [0, 0.05) is 37.4 Å². The molecular formula is C22H24N2O3. The van der Waals surface area contributed by atoms with Gasteiger partial charge in [-0.2, -0.15) is 0 Å². The minimum absolute atomic E-state index is 0.0464. The first-order chi connectivity index (χ1) is 13.0. The maximum absolute atomic E-state index is 12.8. The van der Waals surface area contributed by atoms with Crippen LogP contribution in [0.3, 0.4) is 0 Å². The maximum Gasteiger partial charge on any atom is 0.339 e. The Balaban J connectivity index is 1.38. The van der Waals surface area contributed by atoms with Crippen LogP contribution in [0.15, 0.2) is 42.5 Å². The Hall–Kier alpha value is -2.82. The fraction of sp³-hybridized carbons (Fsp3) is 0.364. The fourth-order valence-corrected chi connectivity index (χ4v) is 3.93. The van der Waals surface area contributed by atoms with Gasteiger partial charge in [-0.3, -0.25) is 4.79 Å². The summed E-state index contributed by atoms with van der Waals surface area (Å²) < 4.78 is 5.42. The summed E-state index contributed by atoms with van der Waals surface area (Å²) in [5, 5.41) is 0. The summed E-state index contributed by atoms with van der Waals surface area (Å²) in [5.74, 6) is -0.284. The summed E-state index contributed by atoms with van der Waals surface area (Å²) in [5.41, 5.74) is 5.24. The van der Waals surface area contributed by atoms with Crippen molar-refractivity contribution in [3.05, 3.63) is 64.7 Å². The summed E-state index contributed by atoms with van der Waals surface area (Å²) in [4.78, 5) is 28.9. The first-order valence-electron chi connectivity index (χ1n) is 9.43. The predicted octanol–water partition coefficient (Wildman–Crippen LogP) is 3.25. The van der Waals surface area contributed by atoms with Gasteiger partial charge >= 0.3 is 5.97 Å². The number of benzene rings is 2. The molecule has 0 N–H and O–H groups in total. The summed E-state index contributed by atoms with van der Waals surface area (Å²) in [6.45, 7) is 7.28. The van der Waals surface area contributed by atoms with Gasteiger partial charge < -0.3 is 14.5 Å². The average molecular weight is 364 g/mol. The molecule has 2 aromatic carbocycles. The molecule has 2 aliphatic rings. The van der Waals surface area contributed by atoms with E-state index in [1.165, 1.54) is 16.8 Å². The van der Waals surface area contributed by atoms with Crippen LogP contribution in [0.4, 0.5) is 5.69 Å². The van der Waals surface area contributed by atoms with E-state index in [2.05, 4.69) is 36.9 Å². The SMILES string of the molecule is Cc1cccc(N2CCN(C(=O)C[C@H]3OC(=O)c4ccccc43)CC2)c1C. The zero-order valence-electron chi connectivity index (χ0n) is 15.8. The van der Waals surface area contributed by atoms with Crippen LogP contribution in [0, 0.1) is 13.8 Å². The number of cyclic esters (lactones) is 1. The molecule has 2 heterocycles. The van der Waals surface area contributed by atoms with Crippen LogP contribution in [0.2, 0.25) is 0 Å². The fourth-order valence-electron chi connectivity index (χ4n) is 3.93. The number of carbonyl (C=O) groups excluding carboxylic acids is 2. The molecule has 0 aliphatic carbocycles. The number of hydrogen-bond acceptors (Lipinski definition) is 4. The van der Waals surface area contributed by atoms with E-state index in [1.54, 1.807) is 6.07 Å². The Morgan fingerprint density at radius 1 is 1.04 bits per heavy atom. The molecule has 1 amide bonds. The minimum Gasteiger partial charge on any atom is -0.453 e. The Kier molecular flexibility index (Phi) is 4.60. The second-order valence-electron chi connectivity index (χ2n) is 7.27. The molecule has 140 valence electrons. The van der Waals surface area contributed by atoms with Gasteiger partial charge in [-0.15, -0.1) is 0 Å². The Morgan fingerprint density at radius 2 is 1.78 bits per heavy atom. The molecule has 0 saturated carbocycles. The molecular weight excluding hydrogens is 340 g/mol. The van der Waals surface area contributed by atoms with E-state index in [4.69, 9.17) is 4.74 Å². The van der Waals surface area contributed by atoms with Gasteiger partial charge in [0.25, 0.3) is 0 Å². The van der Waals surface area contributed by atoms with Crippen molar-refractivity contribution in [2.75, 3.05) is 31.1 Å². The maximum atomic E-state index is 12.8. The third kappa shape index (κ3) is 3.29. The molecule has 0 radical (unpaired) electrons. The lowest BCUT2D eigenvalue weighted by atomic mass is 10.0. The highest BCUT2D eigenvalue weighted by Crippen LogP contribution is 2.33. The third-order valence-corrected chi connectivity index (χ3v) is 5.69. The lowest BCUT2D eigenvalue weighted by Gasteiger charge is -2.37. The Labute approximate surface area is 159 Å². The van der Waals surface area contributed by atoms with Crippen molar-refractivity contribution in [3.8, 4) is 0 Å². The number of piperazine rings is 1. The van der Waals surface area contributed by atoms with Crippen LogP contribution >= 0.6 is 0 Å². The number of fused-ring (bicyclic) bond motifs is 1. The van der Waals surface area contributed by atoms with E-state index >= 15 is 0 Å². The standard InChI is InChI=1S/C22H24N2O3/c1-15-6-5-9-19(16(15)2)23-10-12-24(13-11-23)21(25)14-20-17-7-3-4-8-18(17)22(26)27-20/h3-9,20H,10-14H2,1-2H3/t20-/m1/s1. The number of amides is 1. The number of ether oxygens (including phenoxy) is 1. The van der Waals surface area contributed by atoms with E-state index in [1.807, 2.05) is 23.1 Å². The van der Waals surface area contributed by atoms with E-state index in [0.717, 1.165) is 18.7 Å². The highest BCUT2D eigenvalue weighted by Gasteiger charge is 2.33. The highest BCUT2D eigenvalue weighted by molar-refractivity contribution is 5.94. The topological polar surface area (TPSA) is 49.9 Å². The van der Waals surface area contributed by atoms with E-state index in [9.17, 15) is 9.59 Å². The smallest absolute Gasteiger partial charge is 0.339 e. The highest BCUT2D eigenvalue weighted by atomic mass is 16.5. The summed E-state index contributed by atoms with van der Waals surface area (Å²) >= 11 is 0. The van der Waals surface area contributed by atoms with Crippen LogP contribution in [0.25, 0.3) is 0 Å². The zero-order chi connectivity index (χ0) is 19.0. The number of esters is 1. The Morgan fingerprint density at radius 3 is 2.56 bits per heavy atom. The lowest BCUT2D eigenvalue weighted by Crippen LogP contribution is -2.49. The second-order valence-corrected chi connectivity index (χ2v) is 7.27. The number of aryl methyl sites for hydroxylation is 1. The van der Waals surface area contributed by atoms with Gasteiger partial charge in [-0.25, -0.2) is 4.79 Å². The van der Waals surface area contributed by atoms with Crippen molar-refractivity contribution in [1.29, 1.82) is 0 Å². The van der Waals surface area contributed by atoms with Crippen molar-refractivity contribution in [3.63, 3.8) is 0 Å². The molecule has 0 aromatic heterocycles. The lowest BCUT2D eigenvalue weighted by molar-refractivity contribution is -0.133. The van der Waals surface area contributed by atoms with Crippen molar-refractivity contribution in [2.45, 2.75) is 26.4 Å². The van der Waals surface area contributed by atoms with Crippen molar-refractivity contribution in [1.82, 2.24) is 4.90 Å². The van der Waals surface area contributed by atoms with E-state index in [0.29, 0.717) is 18.7 Å². The van der Waals surface area contributed by atoms with E-state index in [-0.39, 0.29) is 18.3 Å². The van der Waals surface area contributed by atoms with Gasteiger partial charge in [0.05, 0.1) is 12.0 Å². The van der Waals surface area contributed by atoms with Gasteiger partial charge in [0.15, 0.2) is 0 Å². The largest absolute Gasteiger partial charge is 0.453 e. The van der Waals surface area contributed by atoms with Crippen LogP contribution < -0.4 is 4.90 Å².